The van der Waals surface area contributed by atoms with Crippen LogP contribution in [0.15, 0.2) is 29.6 Å². The van der Waals surface area contributed by atoms with Crippen LogP contribution in [0.5, 0.6) is 0 Å². The molecule has 0 amide bonds. The highest BCUT2D eigenvalue weighted by Crippen LogP contribution is 2.29. The zero-order chi connectivity index (χ0) is 14.3. The molecule has 0 spiro atoms. The van der Waals surface area contributed by atoms with Crippen LogP contribution >= 0.6 is 0 Å². The Kier molecular flexibility index (Phi) is 5.68. The minimum atomic E-state index is -0.963. The van der Waals surface area contributed by atoms with Gasteiger partial charge in [0.25, 0.3) is 5.96 Å². The van der Waals surface area contributed by atoms with Gasteiger partial charge in [-0.2, -0.15) is 0 Å². The molecule has 0 saturated carbocycles. The normalized spacial score (nSPS) is 18.3. The monoisotopic (exact) mass is 266 g/mol. The van der Waals surface area contributed by atoms with Crippen LogP contribution in [0.1, 0.15) is 24.4 Å². The second-order valence-electron chi connectivity index (χ2n) is 4.19. The third kappa shape index (κ3) is 5.30. The summed E-state index contributed by atoms with van der Waals surface area (Å²) in [6, 6.07) is 4.79. The number of hydrazone groups is 1. The van der Waals surface area contributed by atoms with Crippen LogP contribution in [-0.2, 0) is 0 Å². The van der Waals surface area contributed by atoms with E-state index in [1.54, 1.807) is 0 Å². The number of rotatable bonds is 2. The third-order valence-electron chi connectivity index (χ3n) is 2.79. The van der Waals surface area contributed by atoms with Gasteiger partial charge in [0.1, 0.15) is 0 Å². The van der Waals surface area contributed by atoms with Crippen LogP contribution in [0.25, 0.3) is 0 Å². The molecule has 1 aromatic rings. The van der Waals surface area contributed by atoms with Gasteiger partial charge in [-0.3, -0.25) is 9.88 Å². The number of nitro groups is 1. The first-order chi connectivity index (χ1) is 9.00. The second kappa shape index (κ2) is 7.27. The number of nitrogens with zero attached hydrogens (tertiary/aromatic N) is 4. The van der Waals surface area contributed by atoms with E-state index in [2.05, 4.69) is 39.6 Å². The van der Waals surface area contributed by atoms with E-state index >= 15 is 0 Å². The van der Waals surface area contributed by atoms with Crippen LogP contribution in [0.3, 0.4) is 0 Å². The SMILES string of the molecule is CN1CCCC1c1cccnc1.NC(N)=N[N+](=O)[O-]. The molecular formula is C11H18N6O2. The van der Waals surface area contributed by atoms with Crippen molar-refractivity contribution in [3.05, 3.63) is 40.2 Å². The zero-order valence-corrected chi connectivity index (χ0v) is 10.8. The van der Waals surface area contributed by atoms with E-state index in [9.17, 15) is 10.1 Å². The Labute approximate surface area is 111 Å². The largest absolute Gasteiger partial charge is 0.365 e. The molecule has 2 heterocycles. The fourth-order valence-electron chi connectivity index (χ4n) is 2.00. The molecule has 1 atom stereocenters. The maximum atomic E-state index is 9.27. The maximum Gasteiger partial charge on any atom is 0.263 e. The predicted molar refractivity (Wildman–Crippen MR) is 71.6 cm³/mol. The highest BCUT2D eigenvalue weighted by molar-refractivity contribution is 5.74. The van der Waals surface area contributed by atoms with Crippen molar-refractivity contribution in [1.82, 2.24) is 9.88 Å². The Balaban J connectivity index is 0.000000224. The Morgan fingerprint density at radius 3 is 2.74 bits per heavy atom. The van der Waals surface area contributed by atoms with Gasteiger partial charge >= 0.3 is 0 Å². The van der Waals surface area contributed by atoms with Gasteiger partial charge in [-0.05, 0) is 38.1 Å². The molecule has 0 aliphatic carbocycles. The molecule has 8 nitrogen and oxygen atoms in total. The van der Waals surface area contributed by atoms with Crippen molar-refractivity contribution in [3.8, 4) is 0 Å². The molecule has 1 aromatic heterocycles. The highest BCUT2D eigenvalue weighted by atomic mass is 16.7. The fraction of sp³-hybridized carbons (Fsp3) is 0.455. The van der Waals surface area contributed by atoms with Crippen molar-refractivity contribution >= 4 is 5.96 Å². The first-order valence-corrected chi connectivity index (χ1v) is 5.85. The first kappa shape index (κ1) is 14.8. The second-order valence-corrected chi connectivity index (χ2v) is 4.19. The highest BCUT2D eigenvalue weighted by Gasteiger charge is 2.21. The van der Waals surface area contributed by atoms with Gasteiger partial charge in [0.2, 0.25) is 0 Å². The van der Waals surface area contributed by atoms with Crippen molar-refractivity contribution in [1.29, 1.82) is 0 Å². The number of guanidine groups is 1. The average molecular weight is 266 g/mol. The Morgan fingerprint density at radius 2 is 2.37 bits per heavy atom. The van der Waals surface area contributed by atoms with Crippen molar-refractivity contribution in [2.45, 2.75) is 18.9 Å². The molecule has 19 heavy (non-hydrogen) atoms. The lowest BCUT2D eigenvalue weighted by molar-refractivity contribution is -0.485. The van der Waals surface area contributed by atoms with Gasteiger partial charge < -0.3 is 11.5 Å². The predicted octanol–water partition coefficient (Wildman–Crippen LogP) is 0.300. The van der Waals surface area contributed by atoms with Crippen LogP contribution in [0.2, 0.25) is 0 Å². The van der Waals surface area contributed by atoms with Crippen molar-refractivity contribution in [2.75, 3.05) is 13.6 Å². The lowest BCUT2D eigenvalue weighted by atomic mass is 10.1. The van der Waals surface area contributed by atoms with Crippen LogP contribution in [0, 0.1) is 10.1 Å². The Bertz CT molecular complexity index is 432. The molecule has 2 rings (SSSR count). The number of hydrogen-bond acceptors (Lipinski definition) is 4. The topological polar surface area (TPSA) is 124 Å². The van der Waals surface area contributed by atoms with Crippen LogP contribution in [-0.4, -0.2) is 34.5 Å². The van der Waals surface area contributed by atoms with Crippen molar-refractivity contribution < 1.29 is 5.03 Å². The van der Waals surface area contributed by atoms with E-state index in [1.165, 1.54) is 24.9 Å². The molecule has 1 aliphatic rings. The molecule has 104 valence electrons. The molecule has 1 aliphatic heterocycles. The van der Waals surface area contributed by atoms with E-state index in [1.807, 2.05) is 18.5 Å². The summed E-state index contributed by atoms with van der Waals surface area (Å²) in [5, 5.41) is 10.8. The lowest BCUT2D eigenvalue weighted by Gasteiger charge is -2.18. The molecule has 0 aromatic carbocycles. The quantitative estimate of drug-likeness (QED) is 0.343. The number of likely N-dealkylation sites (tertiary alicyclic amines) is 1. The summed E-state index contributed by atoms with van der Waals surface area (Å²) >= 11 is 0. The molecule has 4 N–H and O–H groups in total. The molecular weight excluding hydrogens is 248 g/mol. The summed E-state index contributed by atoms with van der Waals surface area (Å²) in [6.07, 6.45) is 6.41. The van der Waals surface area contributed by atoms with Crippen molar-refractivity contribution in [3.63, 3.8) is 0 Å². The number of pyridine rings is 1. The summed E-state index contributed by atoms with van der Waals surface area (Å²) in [5.74, 6) is -0.537. The molecule has 1 saturated heterocycles. The summed E-state index contributed by atoms with van der Waals surface area (Å²) in [6.45, 7) is 1.22. The third-order valence-corrected chi connectivity index (χ3v) is 2.79. The van der Waals surface area contributed by atoms with Gasteiger partial charge in [-0.15, -0.1) is 0 Å². The molecule has 8 heteroatoms. The summed E-state index contributed by atoms with van der Waals surface area (Å²) in [4.78, 5) is 15.8. The molecule has 1 unspecified atom stereocenters. The van der Waals surface area contributed by atoms with Crippen LogP contribution in [0.4, 0.5) is 0 Å². The van der Waals surface area contributed by atoms with E-state index in [-0.39, 0.29) is 0 Å². The standard InChI is InChI=1S/C10H14N2.CH4N4O2/c1-12-7-3-5-10(12)9-4-2-6-11-8-9;2-1(3)4-5(6)7/h2,4,6,8,10H,3,5,7H2,1H3;(H4,2,3,4). The van der Waals surface area contributed by atoms with Gasteiger partial charge in [-0.25, -0.2) is 10.1 Å². The van der Waals surface area contributed by atoms with E-state index < -0.39 is 11.0 Å². The molecule has 1 fully saturated rings. The fourth-order valence-corrected chi connectivity index (χ4v) is 2.00. The summed E-state index contributed by atoms with van der Waals surface area (Å²) in [5.41, 5.74) is 10.5. The first-order valence-electron chi connectivity index (χ1n) is 5.85. The smallest absolute Gasteiger partial charge is 0.263 e. The zero-order valence-electron chi connectivity index (χ0n) is 10.8. The van der Waals surface area contributed by atoms with E-state index in [0.29, 0.717) is 6.04 Å². The van der Waals surface area contributed by atoms with Gasteiger partial charge in [0.15, 0.2) is 5.03 Å². The number of nitrogens with two attached hydrogens (primary N) is 2. The summed E-state index contributed by atoms with van der Waals surface area (Å²) < 4.78 is 0. The number of hydrogen-bond donors (Lipinski definition) is 2. The minimum absolute atomic E-state index is 0.537. The van der Waals surface area contributed by atoms with Crippen molar-refractivity contribution in [2.24, 2.45) is 16.6 Å². The van der Waals surface area contributed by atoms with E-state index in [0.717, 1.165) is 0 Å². The Morgan fingerprint density at radius 1 is 1.63 bits per heavy atom. The number of aromatic nitrogens is 1. The van der Waals surface area contributed by atoms with Gasteiger partial charge in [0, 0.05) is 18.4 Å². The minimum Gasteiger partial charge on any atom is -0.365 e. The van der Waals surface area contributed by atoms with Crippen LogP contribution < -0.4 is 11.5 Å². The van der Waals surface area contributed by atoms with Gasteiger partial charge in [-0.1, -0.05) is 6.07 Å². The lowest BCUT2D eigenvalue weighted by Crippen LogP contribution is -2.23. The Hall–Kier alpha value is -2.22. The maximum absolute atomic E-state index is 9.27. The summed E-state index contributed by atoms with van der Waals surface area (Å²) in [7, 11) is 2.19. The van der Waals surface area contributed by atoms with Gasteiger partial charge in [0.05, 0.1) is 5.10 Å². The molecule has 0 bridgehead atoms. The average Bonchev–Trinajstić information content (AvgIpc) is 2.75. The molecule has 0 radical (unpaired) electrons. The van der Waals surface area contributed by atoms with E-state index in [4.69, 9.17) is 0 Å².